The molecule has 2 rings (SSSR count). The third kappa shape index (κ3) is 2.44. The Kier molecular flexibility index (Phi) is 3.61. The normalized spacial score (nSPS) is 24.6. The first-order valence-electron chi connectivity index (χ1n) is 5.72. The topological polar surface area (TPSA) is 41.1 Å². The Morgan fingerprint density at radius 3 is 3.06 bits per heavy atom. The molecule has 2 N–H and O–H groups in total. The SMILES string of the molecule is Cc1ccsc1CNC(=O)C1CCNC1C. The number of nitrogens with one attached hydrogen (secondary N) is 2. The molecule has 3 nitrogen and oxygen atoms in total. The van der Waals surface area contributed by atoms with Crippen LogP contribution in [0.2, 0.25) is 0 Å². The van der Waals surface area contributed by atoms with E-state index in [0.717, 1.165) is 13.0 Å². The smallest absolute Gasteiger partial charge is 0.225 e. The molecule has 88 valence electrons. The van der Waals surface area contributed by atoms with Gasteiger partial charge in [-0.05, 0) is 43.8 Å². The zero-order valence-electron chi connectivity index (χ0n) is 9.75. The average Bonchev–Trinajstić information content (AvgIpc) is 2.84. The molecule has 0 bridgehead atoms. The van der Waals surface area contributed by atoms with Gasteiger partial charge in [-0.2, -0.15) is 0 Å². The van der Waals surface area contributed by atoms with Crippen molar-refractivity contribution < 1.29 is 4.79 Å². The number of carbonyl (C=O) groups excluding carboxylic acids is 1. The van der Waals surface area contributed by atoms with Crippen molar-refractivity contribution in [3.8, 4) is 0 Å². The molecule has 0 aliphatic carbocycles. The molecule has 1 saturated heterocycles. The van der Waals surface area contributed by atoms with Gasteiger partial charge in [-0.1, -0.05) is 0 Å². The molecule has 0 spiro atoms. The van der Waals surface area contributed by atoms with Gasteiger partial charge >= 0.3 is 0 Å². The van der Waals surface area contributed by atoms with E-state index in [1.54, 1.807) is 11.3 Å². The molecule has 2 unspecified atom stereocenters. The highest BCUT2D eigenvalue weighted by Crippen LogP contribution is 2.17. The molecule has 1 aromatic rings. The minimum absolute atomic E-state index is 0.139. The second-order valence-electron chi connectivity index (χ2n) is 4.38. The van der Waals surface area contributed by atoms with Gasteiger partial charge in [-0.15, -0.1) is 11.3 Å². The second kappa shape index (κ2) is 4.97. The highest BCUT2D eigenvalue weighted by molar-refractivity contribution is 7.10. The first-order chi connectivity index (χ1) is 7.68. The number of rotatable bonds is 3. The van der Waals surface area contributed by atoms with Crippen molar-refractivity contribution in [1.29, 1.82) is 0 Å². The molecule has 4 heteroatoms. The molecular formula is C12H18N2OS. The maximum atomic E-state index is 11.9. The molecule has 1 aliphatic rings. The first kappa shape index (κ1) is 11.6. The zero-order chi connectivity index (χ0) is 11.5. The second-order valence-corrected chi connectivity index (χ2v) is 5.38. The van der Waals surface area contributed by atoms with Crippen LogP contribution in [0.3, 0.4) is 0 Å². The van der Waals surface area contributed by atoms with Crippen LogP contribution in [0.5, 0.6) is 0 Å². The van der Waals surface area contributed by atoms with Crippen molar-refractivity contribution in [3.63, 3.8) is 0 Å². The van der Waals surface area contributed by atoms with Gasteiger partial charge in [-0.3, -0.25) is 4.79 Å². The van der Waals surface area contributed by atoms with E-state index in [1.165, 1.54) is 10.4 Å². The lowest BCUT2D eigenvalue weighted by atomic mass is 10.0. The van der Waals surface area contributed by atoms with Gasteiger partial charge in [0.2, 0.25) is 5.91 Å². The van der Waals surface area contributed by atoms with Crippen molar-refractivity contribution in [2.24, 2.45) is 5.92 Å². The van der Waals surface area contributed by atoms with Gasteiger partial charge in [0.05, 0.1) is 12.5 Å². The van der Waals surface area contributed by atoms with Crippen LogP contribution in [-0.2, 0) is 11.3 Å². The molecule has 0 aromatic carbocycles. The summed E-state index contributed by atoms with van der Waals surface area (Å²) in [5.74, 6) is 0.325. The number of aryl methyl sites for hydroxylation is 1. The van der Waals surface area contributed by atoms with E-state index in [-0.39, 0.29) is 11.8 Å². The number of hydrogen-bond acceptors (Lipinski definition) is 3. The van der Waals surface area contributed by atoms with Crippen LogP contribution in [0.4, 0.5) is 0 Å². The summed E-state index contributed by atoms with van der Waals surface area (Å²) in [6.45, 7) is 5.79. The van der Waals surface area contributed by atoms with E-state index < -0.39 is 0 Å². The summed E-state index contributed by atoms with van der Waals surface area (Å²) in [7, 11) is 0. The lowest BCUT2D eigenvalue weighted by molar-refractivity contribution is -0.125. The van der Waals surface area contributed by atoms with Crippen molar-refractivity contribution in [2.75, 3.05) is 6.54 Å². The van der Waals surface area contributed by atoms with Crippen LogP contribution in [0, 0.1) is 12.8 Å². The number of hydrogen-bond donors (Lipinski definition) is 2. The molecule has 16 heavy (non-hydrogen) atoms. The molecule has 0 saturated carbocycles. The largest absolute Gasteiger partial charge is 0.351 e. The van der Waals surface area contributed by atoms with Gasteiger partial charge in [0, 0.05) is 10.9 Å². The van der Waals surface area contributed by atoms with Gasteiger partial charge in [0.1, 0.15) is 0 Å². The van der Waals surface area contributed by atoms with Crippen molar-refractivity contribution >= 4 is 17.2 Å². The van der Waals surface area contributed by atoms with Crippen LogP contribution in [0.15, 0.2) is 11.4 Å². The summed E-state index contributed by atoms with van der Waals surface area (Å²) in [6.07, 6.45) is 0.955. The third-order valence-corrected chi connectivity index (χ3v) is 4.28. The zero-order valence-corrected chi connectivity index (χ0v) is 10.6. The average molecular weight is 238 g/mol. The van der Waals surface area contributed by atoms with Crippen molar-refractivity contribution in [1.82, 2.24) is 10.6 Å². The van der Waals surface area contributed by atoms with Crippen LogP contribution >= 0.6 is 11.3 Å². The molecular weight excluding hydrogens is 220 g/mol. The fraction of sp³-hybridized carbons (Fsp3) is 0.583. The fourth-order valence-corrected chi connectivity index (χ4v) is 2.95. The maximum Gasteiger partial charge on any atom is 0.225 e. The minimum Gasteiger partial charge on any atom is -0.351 e. The van der Waals surface area contributed by atoms with Gasteiger partial charge in [-0.25, -0.2) is 0 Å². The van der Waals surface area contributed by atoms with Gasteiger partial charge in [0.15, 0.2) is 0 Å². The Morgan fingerprint density at radius 1 is 1.69 bits per heavy atom. The standard InChI is InChI=1S/C12H18N2OS/c1-8-4-6-16-11(8)7-14-12(15)10-3-5-13-9(10)2/h4,6,9-10,13H,3,5,7H2,1-2H3,(H,14,15). The predicted molar refractivity (Wildman–Crippen MR) is 66.5 cm³/mol. The van der Waals surface area contributed by atoms with Crippen LogP contribution in [0.25, 0.3) is 0 Å². The third-order valence-electron chi connectivity index (χ3n) is 3.25. The summed E-state index contributed by atoms with van der Waals surface area (Å²) in [5.41, 5.74) is 1.27. The Morgan fingerprint density at radius 2 is 2.50 bits per heavy atom. The summed E-state index contributed by atoms with van der Waals surface area (Å²) in [6, 6.07) is 2.40. The van der Waals surface area contributed by atoms with E-state index in [0.29, 0.717) is 12.6 Å². The number of carbonyl (C=O) groups is 1. The maximum absolute atomic E-state index is 11.9. The van der Waals surface area contributed by atoms with Crippen molar-refractivity contribution in [2.45, 2.75) is 32.9 Å². The van der Waals surface area contributed by atoms with E-state index in [9.17, 15) is 4.79 Å². The first-order valence-corrected chi connectivity index (χ1v) is 6.60. The lowest BCUT2D eigenvalue weighted by Gasteiger charge is -2.14. The van der Waals surface area contributed by atoms with Crippen LogP contribution < -0.4 is 10.6 Å². The quantitative estimate of drug-likeness (QED) is 0.841. The van der Waals surface area contributed by atoms with E-state index in [4.69, 9.17) is 0 Å². The summed E-state index contributed by atoms with van der Waals surface area (Å²) >= 11 is 1.70. The summed E-state index contributed by atoms with van der Waals surface area (Å²) in [4.78, 5) is 13.2. The van der Waals surface area contributed by atoms with E-state index >= 15 is 0 Å². The molecule has 1 amide bonds. The number of thiophene rings is 1. The molecule has 1 aliphatic heterocycles. The molecule has 1 fully saturated rings. The molecule has 2 heterocycles. The fourth-order valence-electron chi connectivity index (χ4n) is 2.10. The van der Waals surface area contributed by atoms with Crippen LogP contribution in [-0.4, -0.2) is 18.5 Å². The van der Waals surface area contributed by atoms with Gasteiger partial charge in [0.25, 0.3) is 0 Å². The van der Waals surface area contributed by atoms with Gasteiger partial charge < -0.3 is 10.6 Å². The predicted octanol–water partition coefficient (Wildman–Crippen LogP) is 1.67. The Labute approximate surface area is 100 Å². The molecule has 1 aromatic heterocycles. The van der Waals surface area contributed by atoms with Crippen LogP contribution in [0.1, 0.15) is 23.8 Å². The van der Waals surface area contributed by atoms with Crippen molar-refractivity contribution in [3.05, 3.63) is 21.9 Å². The highest BCUT2D eigenvalue weighted by Gasteiger charge is 2.28. The minimum atomic E-state index is 0.139. The highest BCUT2D eigenvalue weighted by atomic mass is 32.1. The lowest BCUT2D eigenvalue weighted by Crippen LogP contribution is -2.36. The Bertz CT molecular complexity index is 375. The van der Waals surface area contributed by atoms with E-state index in [1.807, 2.05) is 0 Å². The number of amides is 1. The Balaban J connectivity index is 1.86. The summed E-state index contributed by atoms with van der Waals surface area (Å²) < 4.78 is 0. The summed E-state index contributed by atoms with van der Waals surface area (Å²) in [5, 5.41) is 8.39. The monoisotopic (exact) mass is 238 g/mol. The molecule has 0 radical (unpaired) electrons. The Hall–Kier alpha value is -0.870. The van der Waals surface area contributed by atoms with E-state index in [2.05, 4.69) is 35.9 Å². The molecule has 2 atom stereocenters.